The molecule has 1 unspecified atom stereocenters. The summed E-state index contributed by atoms with van der Waals surface area (Å²) in [6.45, 7) is 5.37. The zero-order chi connectivity index (χ0) is 15.4. The molecule has 0 aliphatic heterocycles. The van der Waals surface area contributed by atoms with Crippen LogP contribution in [-0.2, 0) is 6.54 Å². The van der Waals surface area contributed by atoms with Gasteiger partial charge in [-0.05, 0) is 24.6 Å². The van der Waals surface area contributed by atoms with Crippen molar-refractivity contribution >= 4 is 10.8 Å². The highest BCUT2D eigenvalue weighted by molar-refractivity contribution is 5.80. The zero-order valence-corrected chi connectivity index (χ0v) is 12.3. The highest BCUT2D eigenvalue weighted by Crippen LogP contribution is 2.02. The van der Waals surface area contributed by atoms with E-state index < -0.39 is 6.10 Å². The van der Waals surface area contributed by atoms with Crippen molar-refractivity contribution in [2.45, 2.75) is 26.5 Å². The number of aliphatic hydroxyl groups is 1. The van der Waals surface area contributed by atoms with Gasteiger partial charge in [0.15, 0.2) is 0 Å². The van der Waals surface area contributed by atoms with E-state index >= 15 is 0 Å². The molecule has 0 radical (unpaired) electrons. The summed E-state index contributed by atoms with van der Waals surface area (Å²) < 4.78 is 1.17. The van der Waals surface area contributed by atoms with Gasteiger partial charge in [-0.2, -0.15) is 0 Å². The molecule has 1 aromatic heterocycles. The van der Waals surface area contributed by atoms with Crippen LogP contribution >= 0.6 is 0 Å². The highest BCUT2D eigenvalue weighted by atomic mass is 16.3. The Morgan fingerprint density at radius 3 is 2.52 bits per heavy atom. The molecule has 6 nitrogen and oxygen atoms in total. The number of aliphatic hydroxyl groups excluding tert-OH is 1. The van der Waals surface area contributed by atoms with Gasteiger partial charge in [-0.3, -0.25) is 14.7 Å². The second kappa shape index (κ2) is 6.69. The molecule has 114 valence electrons. The van der Waals surface area contributed by atoms with Crippen LogP contribution in [0.2, 0.25) is 0 Å². The van der Waals surface area contributed by atoms with E-state index in [1.54, 1.807) is 24.3 Å². The van der Waals surface area contributed by atoms with Crippen molar-refractivity contribution in [2.24, 2.45) is 5.92 Å². The Bertz CT molecular complexity index is 718. The third kappa shape index (κ3) is 3.80. The topological polar surface area (TPSA) is 87.1 Å². The molecule has 0 saturated carbocycles. The van der Waals surface area contributed by atoms with Crippen LogP contribution in [0, 0.1) is 5.92 Å². The number of hydrogen-bond acceptors (Lipinski definition) is 4. The minimum absolute atomic E-state index is 0.0595. The normalized spacial score (nSPS) is 13.0. The van der Waals surface area contributed by atoms with Crippen LogP contribution in [-0.4, -0.2) is 34.1 Å². The molecule has 1 atom stereocenters. The van der Waals surface area contributed by atoms with Crippen molar-refractivity contribution in [1.29, 1.82) is 0 Å². The monoisotopic (exact) mass is 291 g/mol. The first-order valence-electron chi connectivity index (χ1n) is 7.09. The Morgan fingerprint density at radius 2 is 1.86 bits per heavy atom. The van der Waals surface area contributed by atoms with Crippen LogP contribution in [0.3, 0.4) is 0 Å². The van der Waals surface area contributed by atoms with Crippen molar-refractivity contribution in [3.8, 4) is 0 Å². The molecule has 0 saturated heterocycles. The molecule has 0 bridgehead atoms. The maximum atomic E-state index is 12.3. The lowest BCUT2D eigenvalue weighted by Gasteiger charge is -2.14. The van der Waals surface area contributed by atoms with Gasteiger partial charge in [-0.25, -0.2) is 4.68 Å². The van der Waals surface area contributed by atoms with Gasteiger partial charge >= 0.3 is 0 Å². The molecule has 0 spiro atoms. The Labute approximate surface area is 122 Å². The summed E-state index contributed by atoms with van der Waals surface area (Å²) in [6.07, 6.45) is -0.738. The van der Waals surface area contributed by atoms with Gasteiger partial charge in [0.25, 0.3) is 11.1 Å². The summed E-state index contributed by atoms with van der Waals surface area (Å²) in [6, 6.07) is 6.66. The Kier molecular flexibility index (Phi) is 4.93. The van der Waals surface area contributed by atoms with Gasteiger partial charge in [0.2, 0.25) is 0 Å². The van der Waals surface area contributed by atoms with E-state index in [1.165, 1.54) is 4.68 Å². The van der Waals surface area contributed by atoms with E-state index in [0.717, 1.165) is 6.54 Å². The Hall–Kier alpha value is -1.92. The standard InChI is InChI=1S/C15H21N3O3/c1-10(2)7-16-8-11(19)9-18-15(21)13-6-4-3-5-12(13)14(20)17-18/h3-6,10-11,16,19H,7-9H2,1-2H3,(H,17,20). The molecule has 2 aromatic rings. The maximum Gasteiger partial charge on any atom is 0.273 e. The number of nitrogens with zero attached hydrogens (tertiary/aromatic N) is 1. The number of H-pyrrole nitrogens is 1. The van der Waals surface area contributed by atoms with Gasteiger partial charge in [-0.15, -0.1) is 0 Å². The van der Waals surface area contributed by atoms with Crippen molar-refractivity contribution in [1.82, 2.24) is 15.1 Å². The summed E-state index contributed by atoms with van der Waals surface area (Å²) in [5.41, 5.74) is -0.624. The number of aromatic nitrogens is 2. The van der Waals surface area contributed by atoms with E-state index in [2.05, 4.69) is 24.3 Å². The zero-order valence-electron chi connectivity index (χ0n) is 12.3. The van der Waals surface area contributed by atoms with Gasteiger partial charge < -0.3 is 10.4 Å². The second-order valence-corrected chi connectivity index (χ2v) is 5.61. The molecule has 21 heavy (non-hydrogen) atoms. The molecule has 2 rings (SSSR count). The number of rotatable bonds is 6. The van der Waals surface area contributed by atoms with E-state index in [0.29, 0.717) is 23.2 Å². The molecular formula is C15H21N3O3. The van der Waals surface area contributed by atoms with E-state index in [1.807, 2.05) is 0 Å². The van der Waals surface area contributed by atoms with Crippen LogP contribution in [0.25, 0.3) is 10.8 Å². The van der Waals surface area contributed by atoms with Crippen LogP contribution in [0.1, 0.15) is 13.8 Å². The van der Waals surface area contributed by atoms with Crippen molar-refractivity contribution < 1.29 is 5.11 Å². The van der Waals surface area contributed by atoms with Gasteiger partial charge in [0.05, 0.1) is 23.4 Å². The Balaban J connectivity index is 2.17. The van der Waals surface area contributed by atoms with Crippen LogP contribution < -0.4 is 16.4 Å². The lowest BCUT2D eigenvalue weighted by molar-refractivity contribution is 0.144. The molecule has 1 aromatic carbocycles. The molecule has 0 aliphatic rings. The molecule has 0 fully saturated rings. The minimum atomic E-state index is -0.738. The maximum absolute atomic E-state index is 12.3. The van der Waals surface area contributed by atoms with Gasteiger partial charge in [0.1, 0.15) is 0 Å². The van der Waals surface area contributed by atoms with E-state index in [-0.39, 0.29) is 17.7 Å². The number of hydrogen-bond donors (Lipinski definition) is 3. The van der Waals surface area contributed by atoms with E-state index in [9.17, 15) is 14.7 Å². The van der Waals surface area contributed by atoms with Crippen LogP contribution in [0.5, 0.6) is 0 Å². The number of fused-ring (bicyclic) bond motifs is 1. The Morgan fingerprint density at radius 1 is 1.19 bits per heavy atom. The SMILES string of the molecule is CC(C)CNCC(O)Cn1[nH]c(=O)c2ccccc2c1=O. The average Bonchev–Trinajstić information content (AvgIpc) is 2.44. The fourth-order valence-electron chi connectivity index (χ4n) is 2.19. The van der Waals surface area contributed by atoms with Gasteiger partial charge in [0, 0.05) is 6.54 Å². The first-order chi connectivity index (χ1) is 9.99. The van der Waals surface area contributed by atoms with Crippen molar-refractivity contribution in [2.75, 3.05) is 13.1 Å². The summed E-state index contributed by atoms with van der Waals surface area (Å²) in [7, 11) is 0. The first kappa shape index (κ1) is 15.5. The quantitative estimate of drug-likeness (QED) is 0.714. The summed E-state index contributed by atoms with van der Waals surface area (Å²) in [5, 5.41) is 16.3. The molecule has 0 amide bonds. The smallest absolute Gasteiger partial charge is 0.273 e. The molecule has 6 heteroatoms. The highest BCUT2D eigenvalue weighted by Gasteiger charge is 2.10. The molecule has 1 heterocycles. The fraction of sp³-hybridized carbons (Fsp3) is 0.467. The van der Waals surface area contributed by atoms with Crippen LogP contribution in [0.15, 0.2) is 33.9 Å². The molecule has 0 aliphatic carbocycles. The van der Waals surface area contributed by atoms with Crippen molar-refractivity contribution in [3.05, 3.63) is 45.0 Å². The average molecular weight is 291 g/mol. The summed E-state index contributed by atoms with van der Waals surface area (Å²) in [5.74, 6) is 0.486. The lowest BCUT2D eigenvalue weighted by atomic mass is 10.2. The lowest BCUT2D eigenvalue weighted by Crippen LogP contribution is -2.38. The number of nitrogens with one attached hydrogen (secondary N) is 2. The van der Waals surface area contributed by atoms with Gasteiger partial charge in [-0.1, -0.05) is 26.0 Å². The molecular weight excluding hydrogens is 270 g/mol. The summed E-state index contributed by atoms with van der Waals surface area (Å²) in [4.78, 5) is 24.2. The number of benzene rings is 1. The molecule has 3 N–H and O–H groups in total. The third-order valence-corrected chi connectivity index (χ3v) is 3.21. The largest absolute Gasteiger partial charge is 0.390 e. The summed E-state index contributed by atoms with van der Waals surface area (Å²) >= 11 is 0. The third-order valence-electron chi connectivity index (χ3n) is 3.21. The van der Waals surface area contributed by atoms with Crippen molar-refractivity contribution in [3.63, 3.8) is 0 Å². The van der Waals surface area contributed by atoms with E-state index in [4.69, 9.17) is 0 Å². The predicted molar refractivity (Wildman–Crippen MR) is 82.5 cm³/mol. The van der Waals surface area contributed by atoms with Crippen LogP contribution in [0.4, 0.5) is 0 Å². The fourth-order valence-corrected chi connectivity index (χ4v) is 2.19. The number of aromatic amines is 1. The second-order valence-electron chi connectivity index (χ2n) is 5.61. The first-order valence-corrected chi connectivity index (χ1v) is 7.09. The predicted octanol–water partition coefficient (Wildman–Crippen LogP) is 0.296. The minimum Gasteiger partial charge on any atom is -0.390 e.